The predicted octanol–water partition coefficient (Wildman–Crippen LogP) is 0.265. The van der Waals surface area contributed by atoms with Crippen molar-refractivity contribution in [1.29, 1.82) is 5.41 Å². The summed E-state index contributed by atoms with van der Waals surface area (Å²) in [5.74, 6) is 0. The van der Waals surface area contributed by atoms with Gasteiger partial charge in [0.05, 0.1) is 12.9 Å². The molecule has 2 N–H and O–H groups in total. The molecule has 0 atom stereocenters. The minimum atomic E-state index is -3.67. The third-order valence-electron chi connectivity index (χ3n) is 2.33. The molecule has 0 saturated carbocycles. The van der Waals surface area contributed by atoms with Gasteiger partial charge in [-0.1, -0.05) is 6.08 Å². The van der Waals surface area contributed by atoms with Crippen molar-refractivity contribution >= 4 is 16.1 Å². The van der Waals surface area contributed by atoms with Crippen LogP contribution in [0.2, 0.25) is 0 Å². The molecule has 7 nitrogen and oxygen atoms in total. The summed E-state index contributed by atoms with van der Waals surface area (Å²) in [5, 5.41) is 7.62. The molecule has 1 saturated heterocycles. The van der Waals surface area contributed by atoms with Crippen LogP contribution in [-0.2, 0) is 14.9 Å². The van der Waals surface area contributed by atoms with Crippen molar-refractivity contribution in [3.63, 3.8) is 0 Å². The number of amidine groups is 1. The van der Waals surface area contributed by atoms with Gasteiger partial charge in [0.15, 0.2) is 0 Å². The summed E-state index contributed by atoms with van der Waals surface area (Å²) in [6.07, 6.45) is 2.64. The Morgan fingerprint density at radius 3 is 2.26 bits per heavy atom. The van der Waals surface area contributed by atoms with Crippen LogP contribution in [0.4, 0.5) is 0 Å². The first-order valence-corrected chi connectivity index (χ1v) is 7.84. The molecule has 8 heteroatoms. The highest BCUT2D eigenvalue weighted by Gasteiger charge is 2.18. The molecule has 19 heavy (non-hydrogen) atoms. The number of nitrogens with one attached hydrogen (secondary N) is 1. The molecule has 0 aromatic heterocycles. The smallest absolute Gasteiger partial charge is 0.284 e. The Bertz CT molecular complexity index is 367. The summed E-state index contributed by atoms with van der Waals surface area (Å²) in [6, 6.07) is 0.311. The summed E-state index contributed by atoms with van der Waals surface area (Å²) in [6.45, 7) is 10.9. The van der Waals surface area contributed by atoms with Gasteiger partial charge >= 0.3 is 0 Å². The van der Waals surface area contributed by atoms with E-state index in [0.717, 1.165) is 32.7 Å². The Hall–Kier alpha value is -1.12. The van der Waals surface area contributed by atoms with Gasteiger partial charge in [0.1, 0.15) is 0 Å². The molecular weight excluding hydrogens is 270 g/mol. The Balaban J connectivity index is 0.000000555. The molecule has 0 aromatic carbocycles. The lowest BCUT2D eigenvalue weighted by Crippen LogP contribution is -2.49. The minimum Gasteiger partial charge on any atom is -0.466 e. The number of hydrogen-bond donors (Lipinski definition) is 2. The van der Waals surface area contributed by atoms with Crippen molar-refractivity contribution in [3.8, 4) is 0 Å². The first-order valence-electron chi connectivity index (χ1n) is 6.00. The molecule has 0 bridgehead atoms. The Morgan fingerprint density at radius 1 is 1.42 bits per heavy atom. The second-order valence-corrected chi connectivity index (χ2v) is 5.51. The van der Waals surface area contributed by atoms with Crippen LogP contribution in [0.15, 0.2) is 12.7 Å². The SMILES string of the molecule is C=CCN1CCN(C(=N)OCC)CC1.CS(=O)(=O)O. The molecule has 0 amide bonds. The van der Waals surface area contributed by atoms with Gasteiger partial charge in [-0.15, -0.1) is 6.58 Å². The van der Waals surface area contributed by atoms with E-state index in [0.29, 0.717) is 18.9 Å². The van der Waals surface area contributed by atoms with Gasteiger partial charge in [0.25, 0.3) is 16.1 Å². The maximum Gasteiger partial charge on any atom is 0.284 e. The fourth-order valence-electron chi connectivity index (χ4n) is 1.54. The number of ether oxygens (including phenoxy) is 1. The minimum absolute atomic E-state index is 0.311. The Morgan fingerprint density at radius 2 is 1.89 bits per heavy atom. The molecule has 0 radical (unpaired) electrons. The van der Waals surface area contributed by atoms with Gasteiger partial charge < -0.3 is 9.64 Å². The van der Waals surface area contributed by atoms with E-state index >= 15 is 0 Å². The lowest BCUT2D eigenvalue weighted by molar-refractivity contribution is 0.159. The molecule has 1 heterocycles. The molecule has 0 aliphatic carbocycles. The van der Waals surface area contributed by atoms with Crippen molar-refractivity contribution in [2.45, 2.75) is 6.92 Å². The topological polar surface area (TPSA) is 93.9 Å². The highest BCUT2D eigenvalue weighted by Crippen LogP contribution is 2.02. The van der Waals surface area contributed by atoms with Gasteiger partial charge in [0, 0.05) is 32.7 Å². The molecule has 0 spiro atoms. The van der Waals surface area contributed by atoms with Crippen LogP contribution in [0, 0.1) is 5.41 Å². The first-order chi connectivity index (χ1) is 8.77. The average molecular weight is 293 g/mol. The fourth-order valence-corrected chi connectivity index (χ4v) is 1.54. The summed E-state index contributed by atoms with van der Waals surface area (Å²) < 4.78 is 31.0. The zero-order valence-corrected chi connectivity index (χ0v) is 12.3. The lowest BCUT2D eigenvalue weighted by Gasteiger charge is -2.34. The number of nitrogens with zero attached hydrogens (tertiary/aromatic N) is 2. The van der Waals surface area contributed by atoms with Crippen LogP contribution in [0.1, 0.15) is 6.92 Å². The van der Waals surface area contributed by atoms with Gasteiger partial charge in [0.2, 0.25) is 0 Å². The van der Waals surface area contributed by atoms with Crippen molar-refractivity contribution < 1.29 is 17.7 Å². The molecule has 0 unspecified atom stereocenters. The molecule has 112 valence electrons. The molecule has 1 fully saturated rings. The highest BCUT2D eigenvalue weighted by atomic mass is 32.2. The maximum atomic E-state index is 9.19. The van der Waals surface area contributed by atoms with Gasteiger partial charge in [-0.05, 0) is 6.92 Å². The van der Waals surface area contributed by atoms with Crippen LogP contribution in [0.3, 0.4) is 0 Å². The van der Waals surface area contributed by atoms with E-state index < -0.39 is 10.1 Å². The van der Waals surface area contributed by atoms with Crippen molar-refractivity contribution in [2.24, 2.45) is 0 Å². The van der Waals surface area contributed by atoms with Crippen LogP contribution < -0.4 is 0 Å². The zero-order chi connectivity index (χ0) is 14.9. The monoisotopic (exact) mass is 293 g/mol. The normalized spacial score (nSPS) is 16.3. The second kappa shape index (κ2) is 8.89. The van der Waals surface area contributed by atoms with E-state index in [1.54, 1.807) is 0 Å². The molecule has 1 aliphatic heterocycles. The standard InChI is InChI=1S/C10H19N3O.CH4O3S/c1-3-5-12-6-8-13(9-7-12)10(11)14-4-2;1-5(2,3)4/h3,11H,1,4-9H2,2H3;1H3,(H,2,3,4). The third-order valence-corrected chi connectivity index (χ3v) is 2.33. The quantitative estimate of drug-likeness (QED) is 0.336. The van der Waals surface area contributed by atoms with Crippen molar-refractivity contribution in [1.82, 2.24) is 9.80 Å². The van der Waals surface area contributed by atoms with E-state index in [2.05, 4.69) is 11.5 Å². The highest BCUT2D eigenvalue weighted by molar-refractivity contribution is 7.85. The summed E-state index contributed by atoms with van der Waals surface area (Å²) in [7, 11) is -3.67. The zero-order valence-electron chi connectivity index (χ0n) is 11.5. The Labute approximate surface area is 115 Å². The summed E-state index contributed by atoms with van der Waals surface area (Å²) >= 11 is 0. The number of rotatable bonds is 3. The van der Waals surface area contributed by atoms with Crippen LogP contribution in [0.25, 0.3) is 0 Å². The van der Waals surface area contributed by atoms with E-state index in [9.17, 15) is 8.42 Å². The first kappa shape index (κ1) is 17.9. The Kier molecular flexibility index (Phi) is 8.37. The largest absolute Gasteiger partial charge is 0.466 e. The van der Waals surface area contributed by atoms with Gasteiger partial charge in [-0.3, -0.25) is 14.9 Å². The summed E-state index contributed by atoms with van der Waals surface area (Å²) in [5.41, 5.74) is 0. The van der Waals surface area contributed by atoms with Gasteiger partial charge in [-0.25, -0.2) is 0 Å². The molecule has 1 rings (SSSR count). The molecular formula is C11H23N3O4S. The fraction of sp³-hybridized carbons (Fsp3) is 0.727. The van der Waals surface area contributed by atoms with E-state index in [4.69, 9.17) is 14.7 Å². The lowest BCUT2D eigenvalue weighted by atomic mass is 10.3. The predicted molar refractivity (Wildman–Crippen MR) is 75.0 cm³/mol. The van der Waals surface area contributed by atoms with E-state index in [-0.39, 0.29) is 0 Å². The van der Waals surface area contributed by atoms with Crippen molar-refractivity contribution in [2.75, 3.05) is 45.6 Å². The molecule has 0 aromatic rings. The van der Waals surface area contributed by atoms with E-state index in [1.165, 1.54) is 0 Å². The van der Waals surface area contributed by atoms with Crippen LogP contribution >= 0.6 is 0 Å². The number of hydrogen-bond acceptors (Lipinski definition) is 5. The third kappa shape index (κ3) is 10.5. The van der Waals surface area contributed by atoms with Gasteiger partial charge in [-0.2, -0.15) is 8.42 Å². The maximum absolute atomic E-state index is 9.19. The van der Waals surface area contributed by atoms with Crippen molar-refractivity contribution in [3.05, 3.63) is 12.7 Å². The van der Waals surface area contributed by atoms with Crippen LogP contribution in [-0.4, -0.2) is 74.4 Å². The summed E-state index contributed by atoms with van der Waals surface area (Å²) in [4.78, 5) is 4.30. The van der Waals surface area contributed by atoms with Crippen LogP contribution in [0.5, 0.6) is 0 Å². The average Bonchev–Trinajstić information content (AvgIpc) is 2.28. The van der Waals surface area contributed by atoms with E-state index in [1.807, 2.05) is 17.9 Å². The number of piperazine rings is 1. The second-order valence-electron chi connectivity index (χ2n) is 4.05. The molecule has 1 aliphatic rings.